The molecule has 3 aromatic rings. The van der Waals surface area contributed by atoms with E-state index in [4.69, 9.17) is 4.98 Å². The van der Waals surface area contributed by atoms with Gasteiger partial charge in [-0.3, -0.25) is 0 Å². The number of fused-ring (bicyclic) bond motifs is 1. The van der Waals surface area contributed by atoms with Gasteiger partial charge in [0.1, 0.15) is 0 Å². The molecule has 3 rings (SSSR count). The summed E-state index contributed by atoms with van der Waals surface area (Å²) in [5.41, 5.74) is 5.14. The molecule has 96 valence electrons. The third kappa shape index (κ3) is 2.82. The summed E-state index contributed by atoms with van der Waals surface area (Å²) in [7, 11) is 0. The van der Waals surface area contributed by atoms with Gasteiger partial charge in [0.25, 0.3) is 0 Å². The molecule has 1 heterocycles. The summed E-state index contributed by atoms with van der Waals surface area (Å²) in [6.45, 7) is 4.30. The Bertz CT molecular complexity index is 662. The molecular formula is C16H15NS2. The van der Waals surface area contributed by atoms with Crippen LogP contribution in [-0.4, -0.2) is 4.98 Å². The van der Waals surface area contributed by atoms with Gasteiger partial charge in [0.15, 0.2) is 4.34 Å². The average Bonchev–Trinajstić information content (AvgIpc) is 2.80. The van der Waals surface area contributed by atoms with Crippen LogP contribution in [0.1, 0.15) is 16.7 Å². The number of aryl methyl sites for hydroxylation is 2. The third-order valence-corrected chi connectivity index (χ3v) is 5.42. The van der Waals surface area contributed by atoms with Crippen LogP contribution < -0.4 is 0 Å². The lowest BCUT2D eigenvalue weighted by Crippen LogP contribution is -1.80. The van der Waals surface area contributed by atoms with Crippen LogP contribution in [0.5, 0.6) is 0 Å². The number of rotatable bonds is 3. The van der Waals surface area contributed by atoms with Crippen LogP contribution in [0.4, 0.5) is 0 Å². The predicted octanol–water partition coefficient (Wildman–Crippen LogP) is 5.21. The van der Waals surface area contributed by atoms with E-state index in [1.165, 1.54) is 21.4 Å². The molecule has 0 aliphatic carbocycles. The number of aromatic nitrogens is 1. The van der Waals surface area contributed by atoms with Gasteiger partial charge >= 0.3 is 0 Å². The first kappa shape index (κ1) is 12.7. The molecule has 3 heteroatoms. The number of hydrogen-bond acceptors (Lipinski definition) is 3. The van der Waals surface area contributed by atoms with Crippen LogP contribution in [0.15, 0.2) is 46.8 Å². The highest BCUT2D eigenvalue weighted by atomic mass is 32.2. The molecule has 0 saturated heterocycles. The highest BCUT2D eigenvalue weighted by Crippen LogP contribution is 2.32. The highest BCUT2D eigenvalue weighted by molar-refractivity contribution is 8.00. The summed E-state index contributed by atoms with van der Waals surface area (Å²) in [6.07, 6.45) is 0. The number of thioether (sulfide) groups is 1. The molecule has 0 unspecified atom stereocenters. The van der Waals surface area contributed by atoms with E-state index >= 15 is 0 Å². The molecule has 0 amide bonds. The zero-order valence-electron chi connectivity index (χ0n) is 11.0. The van der Waals surface area contributed by atoms with E-state index in [1.54, 1.807) is 11.3 Å². The Balaban J connectivity index is 1.82. The zero-order valence-corrected chi connectivity index (χ0v) is 12.6. The van der Waals surface area contributed by atoms with E-state index < -0.39 is 0 Å². The molecule has 0 saturated carbocycles. The summed E-state index contributed by atoms with van der Waals surface area (Å²) in [4.78, 5) is 4.71. The van der Waals surface area contributed by atoms with Crippen molar-refractivity contribution in [3.8, 4) is 0 Å². The monoisotopic (exact) mass is 285 g/mol. The summed E-state index contributed by atoms with van der Waals surface area (Å²) in [5.74, 6) is 0.985. The number of thiazole rings is 1. The molecule has 0 aliphatic rings. The lowest BCUT2D eigenvalue weighted by molar-refractivity contribution is 1.28. The maximum atomic E-state index is 4.71. The quantitative estimate of drug-likeness (QED) is 0.613. The third-order valence-electron chi connectivity index (χ3n) is 3.19. The maximum absolute atomic E-state index is 4.71. The Morgan fingerprint density at radius 2 is 1.79 bits per heavy atom. The van der Waals surface area contributed by atoms with Crippen LogP contribution in [-0.2, 0) is 5.75 Å². The minimum Gasteiger partial charge on any atom is -0.230 e. The van der Waals surface area contributed by atoms with Gasteiger partial charge in [-0.2, -0.15) is 0 Å². The van der Waals surface area contributed by atoms with Crippen LogP contribution in [0.25, 0.3) is 10.2 Å². The van der Waals surface area contributed by atoms with Crippen molar-refractivity contribution in [3.05, 3.63) is 59.2 Å². The highest BCUT2D eigenvalue weighted by Gasteiger charge is 2.06. The first-order valence-corrected chi connectivity index (χ1v) is 8.07. The Morgan fingerprint density at radius 1 is 1.05 bits per heavy atom. The van der Waals surface area contributed by atoms with Gasteiger partial charge in [-0.15, -0.1) is 11.3 Å². The van der Waals surface area contributed by atoms with E-state index in [2.05, 4.69) is 56.3 Å². The van der Waals surface area contributed by atoms with E-state index in [9.17, 15) is 0 Å². The van der Waals surface area contributed by atoms with Crippen molar-refractivity contribution in [2.75, 3.05) is 0 Å². The number of nitrogens with zero attached hydrogens (tertiary/aromatic N) is 1. The van der Waals surface area contributed by atoms with E-state index in [0.29, 0.717) is 0 Å². The minimum absolute atomic E-state index is 0.985. The second-order valence-corrected chi connectivity index (χ2v) is 6.91. The molecule has 19 heavy (non-hydrogen) atoms. The zero-order chi connectivity index (χ0) is 13.2. The summed E-state index contributed by atoms with van der Waals surface area (Å²) in [6, 6.07) is 15.0. The van der Waals surface area contributed by atoms with Gasteiger partial charge in [0, 0.05) is 5.75 Å². The largest absolute Gasteiger partial charge is 0.230 e. The van der Waals surface area contributed by atoms with Crippen molar-refractivity contribution in [2.24, 2.45) is 0 Å². The van der Waals surface area contributed by atoms with Gasteiger partial charge in [0.05, 0.1) is 10.2 Å². The average molecular weight is 285 g/mol. The molecule has 1 aromatic heterocycles. The smallest absolute Gasteiger partial charge is 0.151 e. The molecule has 2 aromatic carbocycles. The fourth-order valence-electron chi connectivity index (χ4n) is 1.94. The SMILES string of the molecule is Cc1cc2nc(SCc3ccccc3)sc2cc1C. The predicted molar refractivity (Wildman–Crippen MR) is 85.1 cm³/mol. The van der Waals surface area contributed by atoms with Crippen molar-refractivity contribution in [1.82, 2.24) is 4.98 Å². The molecule has 0 aliphatic heterocycles. The number of benzene rings is 2. The Kier molecular flexibility index (Phi) is 3.58. The normalized spacial score (nSPS) is 11.1. The van der Waals surface area contributed by atoms with Crippen molar-refractivity contribution in [1.29, 1.82) is 0 Å². The Hall–Kier alpha value is -1.32. The first-order valence-electron chi connectivity index (χ1n) is 6.27. The van der Waals surface area contributed by atoms with E-state index in [0.717, 1.165) is 15.6 Å². The van der Waals surface area contributed by atoms with E-state index in [1.807, 2.05) is 11.8 Å². The van der Waals surface area contributed by atoms with Gasteiger partial charge in [-0.25, -0.2) is 4.98 Å². The topological polar surface area (TPSA) is 12.9 Å². The van der Waals surface area contributed by atoms with Crippen LogP contribution in [0, 0.1) is 13.8 Å². The fraction of sp³-hybridized carbons (Fsp3) is 0.188. The Labute approximate surface area is 121 Å². The summed E-state index contributed by atoms with van der Waals surface area (Å²) >= 11 is 3.61. The molecule has 1 nitrogen and oxygen atoms in total. The maximum Gasteiger partial charge on any atom is 0.151 e. The standard InChI is InChI=1S/C16H15NS2/c1-11-8-14-15(9-12(11)2)19-16(17-14)18-10-13-6-4-3-5-7-13/h3-9H,10H2,1-2H3. The van der Waals surface area contributed by atoms with Gasteiger partial charge in [-0.05, 0) is 42.7 Å². The fourth-order valence-corrected chi connectivity index (χ4v) is 4.04. The lowest BCUT2D eigenvalue weighted by Gasteiger charge is -1.97. The van der Waals surface area contributed by atoms with Crippen LogP contribution in [0.2, 0.25) is 0 Å². The van der Waals surface area contributed by atoms with Crippen molar-refractivity contribution in [3.63, 3.8) is 0 Å². The second-order valence-electron chi connectivity index (χ2n) is 4.66. The molecular weight excluding hydrogens is 270 g/mol. The van der Waals surface area contributed by atoms with Crippen molar-refractivity contribution in [2.45, 2.75) is 23.9 Å². The molecule has 0 fully saturated rings. The molecule has 0 atom stereocenters. The Morgan fingerprint density at radius 3 is 2.58 bits per heavy atom. The summed E-state index contributed by atoms with van der Waals surface area (Å²) in [5, 5.41) is 0. The first-order chi connectivity index (χ1) is 9.22. The van der Waals surface area contributed by atoms with Crippen LogP contribution >= 0.6 is 23.1 Å². The second kappa shape index (κ2) is 5.35. The summed E-state index contributed by atoms with van der Waals surface area (Å²) < 4.78 is 2.45. The number of hydrogen-bond donors (Lipinski definition) is 0. The lowest BCUT2D eigenvalue weighted by atomic mass is 10.1. The van der Waals surface area contributed by atoms with Crippen molar-refractivity contribution < 1.29 is 0 Å². The molecule has 0 spiro atoms. The van der Waals surface area contributed by atoms with Gasteiger partial charge in [0.2, 0.25) is 0 Å². The van der Waals surface area contributed by atoms with Crippen molar-refractivity contribution >= 4 is 33.3 Å². The molecule has 0 bridgehead atoms. The van der Waals surface area contributed by atoms with Gasteiger partial charge < -0.3 is 0 Å². The minimum atomic E-state index is 0.985. The van der Waals surface area contributed by atoms with Gasteiger partial charge in [-0.1, -0.05) is 42.1 Å². The van der Waals surface area contributed by atoms with Crippen LogP contribution in [0.3, 0.4) is 0 Å². The molecule has 0 radical (unpaired) electrons. The van der Waals surface area contributed by atoms with E-state index in [-0.39, 0.29) is 0 Å². The molecule has 0 N–H and O–H groups in total.